The van der Waals surface area contributed by atoms with Crippen molar-refractivity contribution < 1.29 is 9.90 Å². The number of hydrogen-bond acceptors (Lipinski definition) is 4. The summed E-state index contributed by atoms with van der Waals surface area (Å²) in [5.74, 6) is 1.53. The molecule has 0 aliphatic heterocycles. The predicted molar refractivity (Wildman–Crippen MR) is 77.3 cm³/mol. The third kappa shape index (κ3) is 3.26. The maximum absolute atomic E-state index is 12.5. The van der Waals surface area contributed by atoms with Gasteiger partial charge in [0.05, 0.1) is 12.1 Å². The van der Waals surface area contributed by atoms with Crippen LogP contribution in [-0.4, -0.2) is 31.9 Å². The minimum Gasteiger partial charge on any atom is -0.393 e. The summed E-state index contributed by atoms with van der Waals surface area (Å²) >= 11 is 0. The van der Waals surface area contributed by atoms with Gasteiger partial charge in [-0.05, 0) is 51.4 Å². The molecule has 2 saturated carbocycles. The van der Waals surface area contributed by atoms with Crippen LogP contribution in [0, 0.1) is 11.8 Å². The van der Waals surface area contributed by atoms with E-state index in [1.165, 1.54) is 0 Å². The van der Waals surface area contributed by atoms with Crippen molar-refractivity contribution in [3.05, 3.63) is 12.2 Å². The van der Waals surface area contributed by atoms with Gasteiger partial charge >= 0.3 is 0 Å². The Morgan fingerprint density at radius 1 is 1.38 bits per heavy atom. The van der Waals surface area contributed by atoms with Crippen LogP contribution >= 0.6 is 0 Å². The summed E-state index contributed by atoms with van der Waals surface area (Å²) < 4.78 is 1.87. The number of hydrogen-bond donors (Lipinski definition) is 2. The first-order valence-corrected chi connectivity index (χ1v) is 8.05. The van der Waals surface area contributed by atoms with Crippen LogP contribution in [0.2, 0.25) is 0 Å². The first-order valence-electron chi connectivity index (χ1n) is 8.05. The van der Waals surface area contributed by atoms with Crippen LogP contribution in [0.15, 0.2) is 6.33 Å². The molecule has 2 aliphatic carbocycles. The standard InChI is InChI=1S/C15H24N4O2/c1-2-19-14(16-9-17-19)13(10-3-4-10)18-15(21)11-5-7-12(20)8-6-11/h9-13,20H,2-8H2,1H3,(H,18,21)/t11?,12?,13-/m0/s1. The van der Waals surface area contributed by atoms with Crippen molar-refractivity contribution in [2.45, 2.75) is 64.1 Å². The quantitative estimate of drug-likeness (QED) is 0.860. The molecular formula is C15H24N4O2. The van der Waals surface area contributed by atoms with Crippen LogP contribution in [0.1, 0.15) is 57.3 Å². The molecule has 0 unspecified atom stereocenters. The van der Waals surface area contributed by atoms with Gasteiger partial charge in [0.1, 0.15) is 12.2 Å². The van der Waals surface area contributed by atoms with Crippen molar-refractivity contribution in [1.82, 2.24) is 20.1 Å². The summed E-state index contributed by atoms with van der Waals surface area (Å²) in [4.78, 5) is 16.8. The number of carbonyl (C=O) groups excluding carboxylic acids is 1. The predicted octanol–water partition coefficient (Wildman–Crippen LogP) is 1.42. The summed E-state index contributed by atoms with van der Waals surface area (Å²) in [6, 6.07) is -0.00759. The SMILES string of the molecule is CCn1ncnc1[C@@H](NC(=O)C1CCC(O)CC1)C1CC1. The van der Waals surface area contributed by atoms with Gasteiger partial charge in [-0.2, -0.15) is 5.10 Å². The molecule has 1 aromatic heterocycles. The highest BCUT2D eigenvalue weighted by Crippen LogP contribution is 2.40. The molecule has 0 saturated heterocycles. The van der Waals surface area contributed by atoms with Crippen LogP contribution in [0.3, 0.4) is 0 Å². The van der Waals surface area contributed by atoms with E-state index in [0.717, 1.165) is 50.9 Å². The Morgan fingerprint density at radius 2 is 2.10 bits per heavy atom. The zero-order valence-electron chi connectivity index (χ0n) is 12.5. The van der Waals surface area contributed by atoms with Crippen LogP contribution in [-0.2, 0) is 11.3 Å². The Hall–Kier alpha value is -1.43. The second-order valence-electron chi connectivity index (χ2n) is 6.26. The van der Waals surface area contributed by atoms with Crippen LogP contribution < -0.4 is 5.32 Å². The molecule has 6 nitrogen and oxygen atoms in total. The van der Waals surface area contributed by atoms with E-state index in [0.29, 0.717) is 5.92 Å². The third-order valence-electron chi connectivity index (χ3n) is 4.68. The molecule has 21 heavy (non-hydrogen) atoms. The van der Waals surface area contributed by atoms with Crippen LogP contribution in [0.5, 0.6) is 0 Å². The lowest BCUT2D eigenvalue weighted by Gasteiger charge is -2.27. The Balaban J connectivity index is 1.67. The molecule has 0 bridgehead atoms. The normalized spacial score (nSPS) is 27.3. The molecule has 1 amide bonds. The second kappa shape index (κ2) is 6.13. The van der Waals surface area contributed by atoms with Gasteiger partial charge in [-0.3, -0.25) is 4.79 Å². The average molecular weight is 292 g/mol. The van der Waals surface area contributed by atoms with Crippen molar-refractivity contribution in [3.8, 4) is 0 Å². The Kier molecular flexibility index (Phi) is 4.24. The number of nitrogens with one attached hydrogen (secondary N) is 1. The minimum absolute atomic E-state index is 0.00759. The number of aliphatic hydroxyl groups is 1. The third-order valence-corrected chi connectivity index (χ3v) is 4.68. The average Bonchev–Trinajstić information content (AvgIpc) is 3.22. The van der Waals surface area contributed by atoms with Crippen molar-refractivity contribution in [1.29, 1.82) is 0 Å². The minimum atomic E-state index is -0.225. The highest BCUT2D eigenvalue weighted by molar-refractivity contribution is 5.79. The Morgan fingerprint density at radius 3 is 2.71 bits per heavy atom. The molecule has 1 heterocycles. The molecule has 1 aromatic rings. The molecule has 2 N–H and O–H groups in total. The van der Waals surface area contributed by atoms with Gasteiger partial charge in [-0.1, -0.05) is 0 Å². The summed E-state index contributed by atoms with van der Waals surface area (Å²) in [6.07, 6.45) is 6.66. The fourth-order valence-corrected chi connectivity index (χ4v) is 3.19. The fraction of sp³-hybridized carbons (Fsp3) is 0.800. The maximum atomic E-state index is 12.5. The highest BCUT2D eigenvalue weighted by Gasteiger charge is 2.37. The molecule has 2 aliphatic rings. The van der Waals surface area contributed by atoms with Crippen molar-refractivity contribution in [2.24, 2.45) is 11.8 Å². The number of rotatable bonds is 5. The van der Waals surface area contributed by atoms with Gasteiger partial charge < -0.3 is 10.4 Å². The van der Waals surface area contributed by atoms with E-state index in [1.54, 1.807) is 6.33 Å². The summed E-state index contributed by atoms with van der Waals surface area (Å²) in [5.41, 5.74) is 0. The van der Waals surface area contributed by atoms with E-state index in [2.05, 4.69) is 15.4 Å². The monoisotopic (exact) mass is 292 g/mol. The van der Waals surface area contributed by atoms with E-state index in [4.69, 9.17) is 0 Å². The van der Waals surface area contributed by atoms with E-state index in [-0.39, 0.29) is 24.0 Å². The molecule has 3 rings (SSSR count). The van der Waals surface area contributed by atoms with Crippen LogP contribution in [0.25, 0.3) is 0 Å². The molecule has 0 spiro atoms. The van der Waals surface area contributed by atoms with Crippen molar-refractivity contribution in [2.75, 3.05) is 0 Å². The molecule has 0 aromatic carbocycles. The topological polar surface area (TPSA) is 80.0 Å². The fourth-order valence-electron chi connectivity index (χ4n) is 3.19. The lowest BCUT2D eigenvalue weighted by Crippen LogP contribution is -2.38. The first kappa shape index (κ1) is 14.5. The molecule has 116 valence electrons. The number of nitrogens with zero attached hydrogens (tertiary/aromatic N) is 3. The van der Waals surface area contributed by atoms with Crippen molar-refractivity contribution >= 4 is 5.91 Å². The van der Waals surface area contributed by atoms with E-state index in [1.807, 2.05) is 11.6 Å². The van der Waals surface area contributed by atoms with Gasteiger partial charge in [0, 0.05) is 12.5 Å². The van der Waals surface area contributed by atoms with E-state index >= 15 is 0 Å². The largest absolute Gasteiger partial charge is 0.393 e. The van der Waals surface area contributed by atoms with Crippen LogP contribution in [0.4, 0.5) is 0 Å². The molecular weight excluding hydrogens is 268 g/mol. The van der Waals surface area contributed by atoms with Gasteiger partial charge in [-0.15, -0.1) is 0 Å². The summed E-state index contributed by atoms with van der Waals surface area (Å²) in [7, 11) is 0. The van der Waals surface area contributed by atoms with E-state index < -0.39 is 0 Å². The highest BCUT2D eigenvalue weighted by atomic mass is 16.3. The number of aliphatic hydroxyl groups excluding tert-OH is 1. The molecule has 2 fully saturated rings. The lowest BCUT2D eigenvalue weighted by molar-refractivity contribution is -0.127. The van der Waals surface area contributed by atoms with E-state index in [9.17, 15) is 9.90 Å². The second-order valence-corrected chi connectivity index (χ2v) is 6.26. The summed E-state index contributed by atoms with van der Waals surface area (Å²) in [6.45, 7) is 2.80. The number of carbonyl (C=O) groups is 1. The zero-order chi connectivity index (χ0) is 14.8. The zero-order valence-corrected chi connectivity index (χ0v) is 12.5. The van der Waals surface area contributed by atoms with Gasteiger partial charge in [0.15, 0.2) is 0 Å². The van der Waals surface area contributed by atoms with Crippen molar-refractivity contribution in [3.63, 3.8) is 0 Å². The molecule has 1 atom stereocenters. The van der Waals surface area contributed by atoms with Gasteiger partial charge in [0.25, 0.3) is 0 Å². The van der Waals surface area contributed by atoms with Gasteiger partial charge in [-0.25, -0.2) is 9.67 Å². The number of aryl methyl sites for hydroxylation is 1. The summed E-state index contributed by atoms with van der Waals surface area (Å²) in [5, 5.41) is 17.0. The number of aromatic nitrogens is 3. The Labute approximate surface area is 124 Å². The number of amides is 1. The maximum Gasteiger partial charge on any atom is 0.223 e. The first-order chi connectivity index (χ1) is 10.2. The lowest BCUT2D eigenvalue weighted by atomic mass is 9.86. The molecule has 6 heteroatoms. The van der Waals surface area contributed by atoms with Gasteiger partial charge in [0.2, 0.25) is 5.91 Å². The smallest absolute Gasteiger partial charge is 0.223 e. The molecule has 0 radical (unpaired) electrons. The Bertz CT molecular complexity index is 490.